The number of nitrogens with one attached hydrogen (secondary N) is 1. The molecule has 4 heteroatoms. The normalized spacial score (nSPS) is 26.4. The SMILES string of the molecule is O=C(O)C1=CC2CC=CN2N1. The zero-order valence-corrected chi connectivity index (χ0v) is 5.82. The Kier molecular flexibility index (Phi) is 1.15. The van der Waals surface area contributed by atoms with E-state index in [4.69, 9.17) is 5.11 Å². The summed E-state index contributed by atoms with van der Waals surface area (Å²) in [7, 11) is 0. The maximum atomic E-state index is 10.5. The van der Waals surface area contributed by atoms with Gasteiger partial charge in [0.1, 0.15) is 5.70 Å². The highest BCUT2D eigenvalue weighted by Gasteiger charge is 2.27. The number of nitrogens with zero attached hydrogens (tertiary/aromatic N) is 1. The van der Waals surface area contributed by atoms with Crippen LogP contribution in [0.4, 0.5) is 0 Å². The van der Waals surface area contributed by atoms with Gasteiger partial charge >= 0.3 is 5.97 Å². The van der Waals surface area contributed by atoms with Gasteiger partial charge in [-0.2, -0.15) is 0 Å². The second kappa shape index (κ2) is 2.02. The van der Waals surface area contributed by atoms with Crippen molar-refractivity contribution in [1.29, 1.82) is 0 Å². The smallest absolute Gasteiger partial charge is 0.353 e. The lowest BCUT2D eigenvalue weighted by Gasteiger charge is -2.15. The fraction of sp³-hybridized carbons (Fsp3) is 0.286. The van der Waals surface area contributed by atoms with Crippen LogP contribution in [0.5, 0.6) is 0 Å². The molecule has 0 saturated carbocycles. The lowest BCUT2D eigenvalue weighted by Crippen LogP contribution is -2.31. The predicted molar refractivity (Wildman–Crippen MR) is 38.2 cm³/mol. The Morgan fingerprint density at radius 2 is 2.64 bits per heavy atom. The van der Waals surface area contributed by atoms with Gasteiger partial charge in [0.05, 0.1) is 6.04 Å². The molecule has 2 aliphatic rings. The molecule has 0 aromatic rings. The van der Waals surface area contributed by atoms with Crippen LogP contribution < -0.4 is 5.43 Å². The first kappa shape index (κ1) is 6.27. The predicted octanol–water partition coefficient (Wildman–Crippen LogP) is 0.0611. The molecule has 1 unspecified atom stereocenters. The summed E-state index contributed by atoms with van der Waals surface area (Å²) in [6.45, 7) is 0. The molecule has 0 spiro atoms. The Labute approximate surface area is 63.8 Å². The number of hydrazine groups is 1. The molecule has 0 radical (unpaired) electrons. The zero-order valence-electron chi connectivity index (χ0n) is 5.82. The van der Waals surface area contributed by atoms with Crippen molar-refractivity contribution in [1.82, 2.24) is 10.4 Å². The average Bonchev–Trinajstić information content (AvgIpc) is 2.40. The van der Waals surface area contributed by atoms with E-state index in [1.807, 2.05) is 12.3 Å². The highest BCUT2D eigenvalue weighted by atomic mass is 16.4. The Morgan fingerprint density at radius 3 is 3.27 bits per heavy atom. The number of fused-ring (bicyclic) bond motifs is 1. The third-order valence-electron chi connectivity index (χ3n) is 1.84. The van der Waals surface area contributed by atoms with E-state index in [1.165, 1.54) is 0 Å². The molecule has 58 valence electrons. The van der Waals surface area contributed by atoms with Crippen LogP contribution in [0.3, 0.4) is 0 Å². The number of hydrogen-bond acceptors (Lipinski definition) is 3. The van der Waals surface area contributed by atoms with Gasteiger partial charge in [0.25, 0.3) is 0 Å². The van der Waals surface area contributed by atoms with Crippen LogP contribution in [0, 0.1) is 0 Å². The van der Waals surface area contributed by atoms with E-state index in [0.717, 1.165) is 6.42 Å². The van der Waals surface area contributed by atoms with Gasteiger partial charge < -0.3 is 5.11 Å². The standard InChI is InChI=1S/C7H8N2O2/c10-7(11)6-4-5-2-1-3-9(5)8-6/h1,3-5,8H,2H2,(H,10,11). The number of carboxylic acids is 1. The van der Waals surface area contributed by atoms with Crippen LogP contribution in [0.1, 0.15) is 6.42 Å². The fourth-order valence-electron chi connectivity index (χ4n) is 1.29. The lowest BCUT2D eigenvalue weighted by molar-refractivity contribution is -0.133. The van der Waals surface area contributed by atoms with Crippen molar-refractivity contribution < 1.29 is 9.90 Å². The first-order valence-electron chi connectivity index (χ1n) is 3.44. The van der Waals surface area contributed by atoms with Crippen LogP contribution in [-0.4, -0.2) is 22.1 Å². The van der Waals surface area contributed by atoms with E-state index in [-0.39, 0.29) is 11.7 Å². The van der Waals surface area contributed by atoms with Crippen LogP contribution in [0.25, 0.3) is 0 Å². The summed E-state index contributed by atoms with van der Waals surface area (Å²) < 4.78 is 0. The molecule has 2 aliphatic heterocycles. The lowest BCUT2D eigenvalue weighted by atomic mass is 10.2. The summed E-state index contributed by atoms with van der Waals surface area (Å²) >= 11 is 0. The highest BCUT2D eigenvalue weighted by Crippen LogP contribution is 2.20. The van der Waals surface area contributed by atoms with Gasteiger partial charge in [-0.1, -0.05) is 6.08 Å². The fourth-order valence-corrected chi connectivity index (χ4v) is 1.29. The molecule has 0 aromatic heterocycles. The molecule has 0 bridgehead atoms. The van der Waals surface area contributed by atoms with Crippen molar-refractivity contribution in [2.75, 3.05) is 0 Å². The summed E-state index contributed by atoms with van der Waals surface area (Å²) in [6, 6.07) is 0.209. The number of aliphatic carboxylic acids is 1. The van der Waals surface area contributed by atoms with Gasteiger partial charge in [-0.3, -0.25) is 10.4 Å². The number of carbonyl (C=O) groups is 1. The number of hydrogen-bond donors (Lipinski definition) is 2. The minimum Gasteiger partial charge on any atom is -0.477 e. The largest absolute Gasteiger partial charge is 0.477 e. The van der Waals surface area contributed by atoms with Crippen molar-refractivity contribution in [2.45, 2.75) is 12.5 Å². The summed E-state index contributed by atoms with van der Waals surface area (Å²) in [5, 5.41) is 10.4. The van der Waals surface area contributed by atoms with Gasteiger partial charge in [-0.15, -0.1) is 0 Å². The van der Waals surface area contributed by atoms with E-state index in [9.17, 15) is 4.79 Å². The number of carboxylic acid groups (broad SMARTS) is 1. The highest BCUT2D eigenvalue weighted by molar-refractivity contribution is 5.86. The van der Waals surface area contributed by atoms with Gasteiger partial charge in [-0.05, 0) is 12.5 Å². The first-order chi connectivity index (χ1) is 5.27. The summed E-state index contributed by atoms with van der Waals surface area (Å²) in [5.41, 5.74) is 3.04. The molecule has 0 amide bonds. The van der Waals surface area contributed by atoms with E-state index >= 15 is 0 Å². The molecular weight excluding hydrogens is 144 g/mol. The first-order valence-corrected chi connectivity index (χ1v) is 3.44. The third-order valence-corrected chi connectivity index (χ3v) is 1.84. The molecule has 0 aliphatic carbocycles. The molecule has 2 N–H and O–H groups in total. The Hall–Kier alpha value is -1.45. The minimum atomic E-state index is -0.896. The van der Waals surface area contributed by atoms with Gasteiger partial charge in [-0.25, -0.2) is 4.79 Å². The molecule has 2 heterocycles. The van der Waals surface area contributed by atoms with Crippen LogP contribution in [0.2, 0.25) is 0 Å². The van der Waals surface area contributed by atoms with Crippen molar-refractivity contribution in [3.63, 3.8) is 0 Å². The Morgan fingerprint density at radius 1 is 1.82 bits per heavy atom. The quantitative estimate of drug-likeness (QED) is 0.558. The molecule has 2 rings (SSSR count). The summed E-state index contributed by atoms with van der Waals surface area (Å²) in [4.78, 5) is 10.5. The van der Waals surface area contributed by atoms with Crippen molar-refractivity contribution in [3.05, 3.63) is 24.0 Å². The molecule has 0 fully saturated rings. The second-order valence-electron chi connectivity index (χ2n) is 2.59. The van der Waals surface area contributed by atoms with E-state index in [2.05, 4.69) is 5.43 Å². The van der Waals surface area contributed by atoms with Crippen LogP contribution >= 0.6 is 0 Å². The van der Waals surface area contributed by atoms with Crippen LogP contribution in [0.15, 0.2) is 24.0 Å². The minimum absolute atomic E-state index is 0.209. The molecule has 0 aromatic carbocycles. The van der Waals surface area contributed by atoms with E-state index in [0.29, 0.717) is 0 Å². The van der Waals surface area contributed by atoms with Gasteiger partial charge in [0.2, 0.25) is 0 Å². The van der Waals surface area contributed by atoms with Crippen LogP contribution in [-0.2, 0) is 4.79 Å². The maximum Gasteiger partial charge on any atom is 0.353 e. The zero-order chi connectivity index (χ0) is 7.84. The van der Waals surface area contributed by atoms with Gasteiger partial charge in [0.15, 0.2) is 0 Å². The number of rotatable bonds is 1. The summed E-state index contributed by atoms with van der Waals surface area (Å²) in [6.07, 6.45) is 6.48. The van der Waals surface area contributed by atoms with Crippen molar-refractivity contribution >= 4 is 5.97 Å². The molecular formula is C7H8N2O2. The molecule has 11 heavy (non-hydrogen) atoms. The maximum absolute atomic E-state index is 10.5. The third kappa shape index (κ3) is 0.869. The Bertz CT molecular complexity index is 257. The van der Waals surface area contributed by atoms with Crippen molar-refractivity contribution in [2.24, 2.45) is 0 Å². The Balaban J connectivity index is 2.15. The second-order valence-corrected chi connectivity index (χ2v) is 2.59. The van der Waals surface area contributed by atoms with Crippen molar-refractivity contribution in [3.8, 4) is 0 Å². The molecule has 1 atom stereocenters. The average molecular weight is 152 g/mol. The summed E-state index contributed by atoms with van der Waals surface area (Å²) in [5.74, 6) is -0.896. The molecule has 0 saturated heterocycles. The van der Waals surface area contributed by atoms with E-state index < -0.39 is 5.97 Å². The molecule has 4 nitrogen and oxygen atoms in total. The van der Waals surface area contributed by atoms with Gasteiger partial charge in [0, 0.05) is 6.20 Å². The van der Waals surface area contributed by atoms with E-state index in [1.54, 1.807) is 11.1 Å². The topological polar surface area (TPSA) is 52.6 Å². The monoisotopic (exact) mass is 152 g/mol.